The summed E-state index contributed by atoms with van der Waals surface area (Å²) >= 11 is 0. The summed E-state index contributed by atoms with van der Waals surface area (Å²) in [6.45, 7) is 1.07. The summed E-state index contributed by atoms with van der Waals surface area (Å²) in [6, 6.07) is 8.89. The summed E-state index contributed by atoms with van der Waals surface area (Å²) in [5.41, 5.74) is 1.44. The number of imidazole rings is 1. The number of nitrogens with zero attached hydrogens (tertiary/aromatic N) is 3. The van der Waals surface area contributed by atoms with E-state index in [0.717, 1.165) is 17.1 Å². The standard InChI is InChI=1S/C23H26N4O4/c1-26-12-9-24-21(26)20(17-4-3-5-19(14-17)30-2)25-22(28)16-6-10-27(11-7-16)23(29)18-8-13-31-15-18/h3-5,8-9,12-16,20H,6-7,10-11H2,1-2H3,(H,25,28). The predicted octanol–water partition coefficient (Wildman–Crippen LogP) is 2.78. The smallest absolute Gasteiger partial charge is 0.257 e. The number of benzene rings is 1. The Labute approximate surface area is 180 Å². The summed E-state index contributed by atoms with van der Waals surface area (Å²) in [7, 11) is 3.52. The molecular formula is C23H26N4O4. The van der Waals surface area contributed by atoms with E-state index in [4.69, 9.17) is 9.15 Å². The topological polar surface area (TPSA) is 89.6 Å². The molecule has 8 nitrogen and oxygen atoms in total. The number of methoxy groups -OCH3 is 1. The third-order valence-corrected chi connectivity index (χ3v) is 5.75. The van der Waals surface area contributed by atoms with Gasteiger partial charge in [0.2, 0.25) is 5.91 Å². The first-order valence-electron chi connectivity index (χ1n) is 10.3. The van der Waals surface area contributed by atoms with Crippen molar-refractivity contribution in [3.05, 3.63) is 72.2 Å². The van der Waals surface area contributed by atoms with Gasteiger partial charge < -0.3 is 23.9 Å². The molecule has 2 amide bonds. The number of ether oxygens (including phenoxy) is 1. The Bertz CT molecular complexity index is 1040. The lowest BCUT2D eigenvalue weighted by molar-refractivity contribution is -0.126. The number of amides is 2. The molecule has 1 saturated heterocycles. The van der Waals surface area contributed by atoms with Crippen molar-refractivity contribution in [3.8, 4) is 5.75 Å². The molecule has 3 heterocycles. The predicted molar refractivity (Wildman–Crippen MR) is 114 cm³/mol. The van der Waals surface area contributed by atoms with Crippen molar-refractivity contribution in [2.75, 3.05) is 20.2 Å². The highest BCUT2D eigenvalue weighted by atomic mass is 16.5. The monoisotopic (exact) mass is 422 g/mol. The minimum absolute atomic E-state index is 0.0359. The molecule has 31 heavy (non-hydrogen) atoms. The fourth-order valence-corrected chi connectivity index (χ4v) is 3.95. The van der Waals surface area contributed by atoms with Crippen LogP contribution in [0.4, 0.5) is 0 Å². The third kappa shape index (κ3) is 4.47. The average molecular weight is 422 g/mol. The molecule has 0 spiro atoms. The highest BCUT2D eigenvalue weighted by molar-refractivity contribution is 5.94. The van der Waals surface area contributed by atoms with Gasteiger partial charge in [0.15, 0.2) is 0 Å². The SMILES string of the molecule is COc1cccc(C(NC(=O)C2CCN(C(=O)c3ccoc3)CC2)c2nccn2C)c1. The number of nitrogens with one attached hydrogen (secondary N) is 1. The van der Waals surface area contributed by atoms with Gasteiger partial charge in [-0.1, -0.05) is 12.1 Å². The molecular weight excluding hydrogens is 396 g/mol. The van der Waals surface area contributed by atoms with Crippen LogP contribution in [-0.4, -0.2) is 46.5 Å². The van der Waals surface area contributed by atoms with Gasteiger partial charge in [-0.25, -0.2) is 4.98 Å². The lowest BCUT2D eigenvalue weighted by Crippen LogP contribution is -2.44. The van der Waals surface area contributed by atoms with Crippen molar-refractivity contribution in [1.29, 1.82) is 0 Å². The lowest BCUT2D eigenvalue weighted by atomic mass is 9.94. The summed E-state index contributed by atoms with van der Waals surface area (Å²) in [5, 5.41) is 3.17. The molecule has 0 bridgehead atoms. The number of aromatic nitrogens is 2. The van der Waals surface area contributed by atoms with Crippen molar-refractivity contribution in [2.45, 2.75) is 18.9 Å². The zero-order chi connectivity index (χ0) is 21.8. The molecule has 1 aliphatic rings. The van der Waals surface area contributed by atoms with Crippen LogP contribution in [0.5, 0.6) is 5.75 Å². The Morgan fingerprint density at radius 1 is 1.26 bits per heavy atom. The first-order valence-corrected chi connectivity index (χ1v) is 10.3. The van der Waals surface area contributed by atoms with Crippen molar-refractivity contribution in [3.63, 3.8) is 0 Å². The molecule has 162 valence electrons. The van der Waals surface area contributed by atoms with Crippen LogP contribution < -0.4 is 10.1 Å². The fraction of sp³-hybridized carbons (Fsp3) is 0.348. The van der Waals surface area contributed by atoms with Crippen LogP contribution in [0.1, 0.15) is 40.6 Å². The molecule has 8 heteroatoms. The summed E-state index contributed by atoms with van der Waals surface area (Å²) < 4.78 is 12.3. The minimum atomic E-state index is -0.395. The van der Waals surface area contributed by atoms with Crippen LogP contribution >= 0.6 is 0 Å². The van der Waals surface area contributed by atoms with E-state index in [2.05, 4.69) is 10.3 Å². The van der Waals surface area contributed by atoms with Crippen LogP contribution in [0.3, 0.4) is 0 Å². The second-order valence-corrected chi connectivity index (χ2v) is 7.69. The van der Waals surface area contributed by atoms with Gasteiger partial charge in [-0.3, -0.25) is 9.59 Å². The van der Waals surface area contributed by atoms with E-state index in [1.165, 1.54) is 12.5 Å². The third-order valence-electron chi connectivity index (χ3n) is 5.75. The Balaban J connectivity index is 1.46. The maximum absolute atomic E-state index is 13.2. The molecule has 1 atom stereocenters. The number of furan rings is 1. The second kappa shape index (κ2) is 9.07. The summed E-state index contributed by atoms with van der Waals surface area (Å²) in [4.78, 5) is 31.9. The minimum Gasteiger partial charge on any atom is -0.497 e. The van der Waals surface area contributed by atoms with E-state index in [1.54, 1.807) is 24.3 Å². The maximum Gasteiger partial charge on any atom is 0.257 e. The summed E-state index contributed by atoms with van der Waals surface area (Å²) in [5.74, 6) is 1.20. The van der Waals surface area contributed by atoms with E-state index in [9.17, 15) is 9.59 Å². The van der Waals surface area contributed by atoms with Crippen molar-refractivity contribution < 1.29 is 18.7 Å². The van der Waals surface area contributed by atoms with E-state index >= 15 is 0 Å². The largest absolute Gasteiger partial charge is 0.497 e. The second-order valence-electron chi connectivity index (χ2n) is 7.69. The number of carbonyl (C=O) groups is 2. The van der Waals surface area contributed by atoms with Gasteiger partial charge in [0.25, 0.3) is 5.91 Å². The fourth-order valence-electron chi connectivity index (χ4n) is 3.95. The number of hydrogen-bond donors (Lipinski definition) is 1. The number of piperidine rings is 1. The van der Waals surface area contributed by atoms with Gasteiger partial charge in [0, 0.05) is 38.4 Å². The average Bonchev–Trinajstić information content (AvgIpc) is 3.49. The molecule has 1 fully saturated rings. The lowest BCUT2D eigenvalue weighted by Gasteiger charge is -2.32. The Hall–Kier alpha value is -3.55. The normalized spacial score (nSPS) is 15.5. The highest BCUT2D eigenvalue weighted by Gasteiger charge is 2.30. The number of rotatable bonds is 6. The molecule has 1 aromatic carbocycles. The van der Waals surface area contributed by atoms with Crippen LogP contribution in [0, 0.1) is 5.92 Å². The van der Waals surface area contributed by atoms with Gasteiger partial charge in [-0.2, -0.15) is 0 Å². The van der Waals surface area contributed by atoms with Crippen LogP contribution in [0.2, 0.25) is 0 Å². The Morgan fingerprint density at radius 2 is 2.06 bits per heavy atom. The van der Waals surface area contributed by atoms with Crippen LogP contribution in [-0.2, 0) is 11.8 Å². The molecule has 1 unspecified atom stereocenters. The quantitative estimate of drug-likeness (QED) is 0.660. The molecule has 0 aliphatic carbocycles. The van der Waals surface area contributed by atoms with Gasteiger partial charge >= 0.3 is 0 Å². The molecule has 0 radical (unpaired) electrons. The molecule has 0 saturated carbocycles. The first kappa shape index (κ1) is 20.7. The zero-order valence-electron chi connectivity index (χ0n) is 17.7. The van der Waals surface area contributed by atoms with E-state index in [0.29, 0.717) is 31.5 Å². The Morgan fingerprint density at radius 3 is 2.71 bits per heavy atom. The van der Waals surface area contributed by atoms with Crippen molar-refractivity contribution in [1.82, 2.24) is 19.8 Å². The maximum atomic E-state index is 13.2. The number of aryl methyl sites for hydroxylation is 1. The molecule has 3 aromatic rings. The molecule has 4 rings (SSSR count). The Kier molecular flexibility index (Phi) is 6.06. The van der Waals surface area contributed by atoms with Gasteiger partial charge in [0.05, 0.1) is 18.9 Å². The van der Waals surface area contributed by atoms with Crippen molar-refractivity contribution in [2.24, 2.45) is 13.0 Å². The number of carbonyl (C=O) groups excluding carboxylic acids is 2. The van der Waals surface area contributed by atoms with Crippen LogP contribution in [0.25, 0.3) is 0 Å². The van der Waals surface area contributed by atoms with Crippen molar-refractivity contribution >= 4 is 11.8 Å². The molecule has 2 aromatic heterocycles. The highest BCUT2D eigenvalue weighted by Crippen LogP contribution is 2.26. The van der Waals surface area contributed by atoms with E-state index in [-0.39, 0.29) is 17.7 Å². The van der Waals surface area contributed by atoms with Gasteiger partial charge in [0.1, 0.15) is 23.9 Å². The first-order chi connectivity index (χ1) is 15.1. The number of hydrogen-bond acceptors (Lipinski definition) is 5. The van der Waals surface area contributed by atoms with Gasteiger partial charge in [-0.15, -0.1) is 0 Å². The molecule has 1 aliphatic heterocycles. The number of likely N-dealkylation sites (tertiary alicyclic amines) is 1. The van der Waals surface area contributed by atoms with Gasteiger partial charge in [-0.05, 0) is 36.6 Å². The van der Waals surface area contributed by atoms with E-state index < -0.39 is 6.04 Å². The van der Waals surface area contributed by atoms with Crippen LogP contribution in [0.15, 0.2) is 59.7 Å². The molecule has 1 N–H and O–H groups in total. The zero-order valence-corrected chi connectivity index (χ0v) is 17.7. The summed E-state index contributed by atoms with van der Waals surface area (Å²) in [6.07, 6.45) is 7.74. The van der Waals surface area contributed by atoms with E-state index in [1.807, 2.05) is 42.1 Å².